The third-order valence-electron chi connectivity index (χ3n) is 7.72. The van der Waals surface area contributed by atoms with E-state index in [1.807, 2.05) is 0 Å². The average Bonchev–Trinajstić information content (AvgIpc) is 3.36. The highest BCUT2D eigenvalue weighted by Crippen LogP contribution is 2.42. The van der Waals surface area contributed by atoms with Gasteiger partial charge < -0.3 is 0 Å². The van der Waals surface area contributed by atoms with Crippen LogP contribution in [0, 0.1) is 0 Å². The summed E-state index contributed by atoms with van der Waals surface area (Å²) in [5.41, 5.74) is 12.0. The number of benzene rings is 5. The van der Waals surface area contributed by atoms with Crippen LogP contribution in [0.4, 0.5) is 0 Å². The largest absolute Gasteiger partial charge is 0.291 e. The summed E-state index contributed by atoms with van der Waals surface area (Å²) in [6.07, 6.45) is 0. The molecule has 0 amide bonds. The summed E-state index contributed by atoms with van der Waals surface area (Å²) in [6.45, 7) is 11.4. The number of rotatable bonds is 5. The highest BCUT2D eigenvalue weighted by molar-refractivity contribution is 5.89. The molecular weight excluding hydrogens is 484 g/mol. The first kappa shape index (κ1) is 25.8. The molecule has 0 atom stereocenters. The first-order chi connectivity index (χ1) is 19.3. The van der Waals surface area contributed by atoms with Crippen LogP contribution in [-0.2, 0) is 5.41 Å². The molecule has 0 unspecified atom stereocenters. The van der Waals surface area contributed by atoms with Crippen molar-refractivity contribution in [2.45, 2.75) is 46.0 Å². The van der Waals surface area contributed by atoms with Gasteiger partial charge in [0.25, 0.3) is 0 Å². The molecule has 2 nitrogen and oxygen atoms in total. The lowest BCUT2D eigenvalue weighted by Gasteiger charge is -2.24. The number of nitrogens with zero attached hydrogens (tertiary/aromatic N) is 2. The van der Waals surface area contributed by atoms with Crippen molar-refractivity contribution in [3.8, 4) is 39.3 Å². The van der Waals surface area contributed by atoms with Crippen LogP contribution in [0.1, 0.15) is 51.7 Å². The van der Waals surface area contributed by atoms with E-state index in [4.69, 9.17) is 4.98 Å². The van der Waals surface area contributed by atoms with Gasteiger partial charge in [-0.25, -0.2) is 4.98 Å². The van der Waals surface area contributed by atoms with E-state index < -0.39 is 0 Å². The zero-order chi connectivity index (χ0) is 27.9. The molecule has 0 N–H and O–H groups in total. The van der Waals surface area contributed by atoms with E-state index in [1.165, 1.54) is 39.1 Å². The van der Waals surface area contributed by atoms with Gasteiger partial charge in [0.05, 0.1) is 16.7 Å². The van der Waals surface area contributed by atoms with Crippen molar-refractivity contribution in [3.63, 3.8) is 0 Å². The molecule has 0 spiro atoms. The van der Waals surface area contributed by atoms with Crippen LogP contribution in [0.2, 0.25) is 0 Å². The second kappa shape index (κ2) is 10.3. The van der Waals surface area contributed by atoms with Crippen molar-refractivity contribution < 1.29 is 0 Å². The van der Waals surface area contributed by atoms with E-state index >= 15 is 0 Å². The molecule has 1 heterocycles. The maximum absolute atomic E-state index is 5.26. The molecule has 0 bridgehead atoms. The van der Waals surface area contributed by atoms with Crippen LogP contribution in [-0.4, -0.2) is 9.55 Å². The summed E-state index contributed by atoms with van der Waals surface area (Å²) in [4.78, 5) is 5.26. The van der Waals surface area contributed by atoms with Crippen molar-refractivity contribution >= 4 is 11.0 Å². The first-order valence-electron chi connectivity index (χ1n) is 14.2. The summed E-state index contributed by atoms with van der Waals surface area (Å²) >= 11 is 0. The Morgan fingerprint density at radius 2 is 1.23 bits per heavy atom. The van der Waals surface area contributed by atoms with Crippen molar-refractivity contribution in [3.05, 3.63) is 132 Å². The fourth-order valence-electron chi connectivity index (χ4n) is 5.55. The van der Waals surface area contributed by atoms with Gasteiger partial charge in [0.15, 0.2) is 0 Å². The van der Waals surface area contributed by atoms with Crippen LogP contribution in [0.5, 0.6) is 0 Å². The lowest BCUT2D eigenvalue weighted by Crippen LogP contribution is -2.11. The number of fused-ring (bicyclic) bond motifs is 1. The molecule has 198 valence electrons. The minimum atomic E-state index is 0.0441. The summed E-state index contributed by atoms with van der Waals surface area (Å²) in [6, 6.07) is 43.6. The Balaban J connectivity index is 1.73. The standard InChI is InChI=1S/C38H36N2/c1-26(2)32-24-30(27-15-8-6-9-16-27)25-33(28-17-10-7-11-18-28)36(32)40-35-22-13-12-21-34(35)39-37(40)29-19-14-20-31(23-29)38(3,4)5/h6-26H,1-5H3. The Morgan fingerprint density at radius 1 is 0.600 bits per heavy atom. The molecule has 0 saturated heterocycles. The van der Waals surface area contributed by atoms with E-state index in [1.54, 1.807) is 0 Å². The molecule has 5 aromatic carbocycles. The second-order valence-corrected chi connectivity index (χ2v) is 11.9. The summed E-state index contributed by atoms with van der Waals surface area (Å²) < 4.78 is 2.41. The average molecular weight is 521 g/mol. The van der Waals surface area contributed by atoms with Crippen LogP contribution in [0.15, 0.2) is 121 Å². The van der Waals surface area contributed by atoms with Crippen LogP contribution in [0.25, 0.3) is 50.4 Å². The molecule has 1 aromatic heterocycles. The Kier molecular flexibility index (Phi) is 6.64. The molecule has 6 rings (SSSR count). The fourth-order valence-corrected chi connectivity index (χ4v) is 5.55. The van der Waals surface area contributed by atoms with Gasteiger partial charge in [-0.2, -0.15) is 0 Å². The third kappa shape index (κ3) is 4.75. The molecule has 0 aliphatic carbocycles. The zero-order valence-electron chi connectivity index (χ0n) is 24.0. The highest BCUT2D eigenvalue weighted by atomic mass is 15.1. The zero-order valence-corrected chi connectivity index (χ0v) is 24.0. The third-order valence-corrected chi connectivity index (χ3v) is 7.72. The number of imidazole rings is 1. The SMILES string of the molecule is CC(C)c1cc(-c2ccccc2)cc(-c2ccccc2)c1-n1c(-c2cccc(C(C)(C)C)c2)nc2ccccc21. The molecule has 40 heavy (non-hydrogen) atoms. The van der Waals surface area contributed by atoms with Crippen molar-refractivity contribution in [2.24, 2.45) is 0 Å². The molecule has 6 aromatic rings. The number of aromatic nitrogens is 2. The number of hydrogen-bond acceptors (Lipinski definition) is 1. The van der Waals surface area contributed by atoms with Gasteiger partial charge in [-0.15, -0.1) is 0 Å². The molecule has 0 fully saturated rings. The minimum Gasteiger partial charge on any atom is -0.291 e. The summed E-state index contributed by atoms with van der Waals surface area (Å²) in [5, 5.41) is 0. The van der Waals surface area contributed by atoms with Crippen molar-refractivity contribution in [2.75, 3.05) is 0 Å². The summed E-state index contributed by atoms with van der Waals surface area (Å²) in [5.74, 6) is 1.27. The molecule has 2 heteroatoms. The normalized spacial score (nSPS) is 11.8. The Morgan fingerprint density at radius 3 is 1.90 bits per heavy atom. The molecular formula is C38H36N2. The quantitative estimate of drug-likeness (QED) is 0.221. The van der Waals surface area contributed by atoms with Gasteiger partial charge in [0.2, 0.25) is 0 Å². The fraction of sp³-hybridized carbons (Fsp3) is 0.184. The van der Waals surface area contributed by atoms with Gasteiger partial charge in [0.1, 0.15) is 5.82 Å². The molecule has 0 radical (unpaired) electrons. The first-order valence-corrected chi connectivity index (χ1v) is 14.2. The van der Waals surface area contributed by atoms with E-state index in [0.717, 1.165) is 22.4 Å². The van der Waals surface area contributed by atoms with Crippen molar-refractivity contribution in [1.29, 1.82) is 0 Å². The van der Waals surface area contributed by atoms with Crippen LogP contribution in [0.3, 0.4) is 0 Å². The van der Waals surface area contributed by atoms with Gasteiger partial charge in [0, 0.05) is 11.1 Å². The smallest absolute Gasteiger partial charge is 0.145 e. The predicted octanol–water partition coefficient (Wildman–Crippen LogP) is 10.4. The highest BCUT2D eigenvalue weighted by Gasteiger charge is 2.24. The Labute approximate surface area is 238 Å². The Hall–Kier alpha value is -4.43. The molecule has 0 aliphatic rings. The van der Waals surface area contributed by atoms with Crippen LogP contribution < -0.4 is 0 Å². The summed E-state index contributed by atoms with van der Waals surface area (Å²) in [7, 11) is 0. The van der Waals surface area contributed by atoms with Crippen LogP contribution >= 0.6 is 0 Å². The van der Waals surface area contributed by atoms with E-state index in [2.05, 4.69) is 161 Å². The lowest BCUT2D eigenvalue weighted by atomic mass is 9.86. The lowest BCUT2D eigenvalue weighted by molar-refractivity contribution is 0.590. The number of hydrogen-bond donors (Lipinski definition) is 0. The van der Waals surface area contributed by atoms with E-state index in [9.17, 15) is 0 Å². The van der Waals surface area contributed by atoms with E-state index in [0.29, 0.717) is 5.92 Å². The monoisotopic (exact) mass is 520 g/mol. The predicted molar refractivity (Wildman–Crippen MR) is 170 cm³/mol. The van der Waals surface area contributed by atoms with Gasteiger partial charge >= 0.3 is 0 Å². The topological polar surface area (TPSA) is 17.8 Å². The number of para-hydroxylation sites is 2. The maximum Gasteiger partial charge on any atom is 0.145 e. The van der Waals surface area contributed by atoms with Gasteiger partial charge in [-0.05, 0) is 69.5 Å². The Bertz CT molecular complexity index is 1790. The van der Waals surface area contributed by atoms with Gasteiger partial charge in [-0.1, -0.05) is 126 Å². The second-order valence-electron chi connectivity index (χ2n) is 11.9. The molecule has 0 saturated carbocycles. The van der Waals surface area contributed by atoms with E-state index in [-0.39, 0.29) is 5.41 Å². The van der Waals surface area contributed by atoms with Gasteiger partial charge in [-0.3, -0.25) is 4.57 Å². The van der Waals surface area contributed by atoms with Crippen molar-refractivity contribution in [1.82, 2.24) is 9.55 Å². The maximum atomic E-state index is 5.26. The minimum absolute atomic E-state index is 0.0441. The molecule has 0 aliphatic heterocycles.